The summed E-state index contributed by atoms with van der Waals surface area (Å²) in [6.45, 7) is -0.144. The lowest BCUT2D eigenvalue weighted by atomic mass is 10.1. The van der Waals surface area contributed by atoms with Crippen molar-refractivity contribution in [3.8, 4) is 11.8 Å². The van der Waals surface area contributed by atoms with Gasteiger partial charge in [-0.05, 0) is 24.3 Å². The smallest absolute Gasteiger partial charge is 0.420 e. The number of nitrogens with two attached hydrogens (primary N) is 1. The Labute approximate surface area is 118 Å². The SMILES string of the molecule is N#Cc1ccc(OCc2cccnc2N)c(C(F)(F)F)c1. The largest absolute Gasteiger partial charge is 0.488 e. The molecule has 2 aromatic rings. The molecule has 21 heavy (non-hydrogen) atoms. The van der Waals surface area contributed by atoms with Crippen molar-refractivity contribution >= 4 is 5.82 Å². The van der Waals surface area contributed by atoms with E-state index in [1.165, 1.54) is 12.3 Å². The van der Waals surface area contributed by atoms with Crippen molar-refractivity contribution in [3.63, 3.8) is 0 Å². The highest BCUT2D eigenvalue weighted by molar-refractivity contribution is 5.44. The van der Waals surface area contributed by atoms with Crippen LogP contribution in [0.25, 0.3) is 0 Å². The summed E-state index contributed by atoms with van der Waals surface area (Å²) >= 11 is 0. The minimum atomic E-state index is -4.61. The van der Waals surface area contributed by atoms with E-state index in [9.17, 15) is 13.2 Å². The predicted molar refractivity (Wildman–Crippen MR) is 69.1 cm³/mol. The Kier molecular flexibility index (Phi) is 3.98. The number of benzene rings is 1. The van der Waals surface area contributed by atoms with E-state index < -0.39 is 11.7 Å². The molecule has 2 rings (SSSR count). The van der Waals surface area contributed by atoms with Crippen LogP contribution in [0.3, 0.4) is 0 Å². The van der Waals surface area contributed by atoms with Crippen molar-refractivity contribution in [1.82, 2.24) is 4.98 Å². The molecular weight excluding hydrogens is 283 g/mol. The van der Waals surface area contributed by atoms with Gasteiger partial charge in [0.25, 0.3) is 0 Å². The van der Waals surface area contributed by atoms with E-state index in [0.717, 1.165) is 12.1 Å². The molecule has 1 heterocycles. The van der Waals surface area contributed by atoms with Gasteiger partial charge in [0.15, 0.2) is 0 Å². The minimum absolute atomic E-state index is 0.0874. The Morgan fingerprint density at radius 3 is 2.67 bits per heavy atom. The number of hydrogen-bond acceptors (Lipinski definition) is 4. The second kappa shape index (κ2) is 5.71. The second-order valence-corrected chi connectivity index (χ2v) is 4.16. The summed E-state index contributed by atoms with van der Waals surface area (Å²) in [5.74, 6) is -0.163. The van der Waals surface area contributed by atoms with Gasteiger partial charge in [-0.15, -0.1) is 0 Å². The molecule has 0 radical (unpaired) electrons. The molecule has 0 fully saturated rings. The van der Waals surface area contributed by atoms with Gasteiger partial charge in [0.05, 0.1) is 17.2 Å². The number of nitrogens with zero attached hydrogens (tertiary/aromatic N) is 2. The van der Waals surface area contributed by atoms with E-state index in [-0.39, 0.29) is 23.7 Å². The summed E-state index contributed by atoms with van der Waals surface area (Å²) in [7, 11) is 0. The maximum Gasteiger partial charge on any atom is 0.420 e. The highest BCUT2D eigenvalue weighted by Gasteiger charge is 2.34. The van der Waals surface area contributed by atoms with E-state index in [1.807, 2.05) is 0 Å². The third-order valence-electron chi connectivity index (χ3n) is 2.72. The molecule has 0 aliphatic rings. The number of pyridine rings is 1. The van der Waals surface area contributed by atoms with Crippen molar-refractivity contribution in [2.45, 2.75) is 12.8 Å². The van der Waals surface area contributed by atoms with E-state index in [1.54, 1.807) is 18.2 Å². The zero-order chi connectivity index (χ0) is 15.5. The number of nitriles is 1. The van der Waals surface area contributed by atoms with Gasteiger partial charge in [-0.2, -0.15) is 18.4 Å². The minimum Gasteiger partial charge on any atom is -0.488 e. The zero-order valence-electron chi connectivity index (χ0n) is 10.7. The van der Waals surface area contributed by atoms with Gasteiger partial charge in [0, 0.05) is 11.8 Å². The Balaban J connectivity index is 2.28. The van der Waals surface area contributed by atoms with Gasteiger partial charge in [0.2, 0.25) is 0 Å². The predicted octanol–water partition coefficient (Wildman–Crippen LogP) is 3.13. The van der Waals surface area contributed by atoms with Crippen molar-refractivity contribution < 1.29 is 17.9 Å². The third-order valence-corrected chi connectivity index (χ3v) is 2.72. The fourth-order valence-corrected chi connectivity index (χ4v) is 1.68. The van der Waals surface area contributed by atoms with E-state index in [4.69, 9.17) is 15.7 Å². The fourth-order valence-electron chi connectivity index (χ4n) is 1.68. The van der Waals surface area contributed by atoms with Gasteiger partial charge in [-0.3, -0.25) is 0 Å². The van der Waals surface area contributed by atoms with Crippen molar-refractivity contribution in [2.75, 3.05) is 5.73 Å². The van der Waals surface area contributed by atoms with Crippen molar-refractivity contribution in [1.29, 1.82) is 5.26 Å². The molecule has 0 spiro atoms. The monoisotopic (exact) mass is 293 g/mol. The molecule has 1 aromatic heterocycles. The number of nitrogen functional groups attached to an aromatic ring is 1. The van der Waals surface area contributed by atoms with Crippen LogP contribution in [-0.4, -0.2) is 4.98 Å². The summed E-state index contributed by atoms with van der Waals surface area (Å²) in [6, 6.07) is 8.02. The first-order valence-corrected chi connectivity index (χ1v) is 5.85. The van der Waals surface area contributed by atoms with E-state index in [0.29, 0.717) is 5.56 Å². The molecule has 0 aliphatic heterocycles. The molecule has 2 N–H and O–H groups in total. The Morgan fingerprint density at radius 2 is 2.05 bits per heavy atom. The Morgan fingerprint density at radius 1 is 1.29 bits per heavy atom. The molecule has 108 valence electrons. The summed E-state index contributed by atoms with van der Waals surface area (Å²) in [6.07, 6.45) is -3.13. The lowest BCUT2D eigenvalue weighted by Gasteiger charge is -2.14. The quantitative estimate of drug-likeness (QED) is 0.943. The van der Waals surface area contributed by atoms with Gasteiger partial charge >= 0.3 is 6.18 Å². The number of hydrogen-bond donors (Lipinski definition) is 1. The zero-order valence-corrected chi connectivity index (χ0v) is 10.7. The summed E-state index contributed by atoms with van der Waals surface area (Å²) in [4.78, 5) is 3.82. The van der Waals surface area contributed by atoms with E-state index in [2.05, 4.69) is 4.98 Å². The summed E-state index contributed by atoms with van der Waals surface area (Å²) < 4.78 is 44.0. The molecule has 0 saturated carbocycles. The molecule has 0 aliphatic carbocycles. The number of ether oxygens (including phenoxy) is 1. The Bertz CT molecular complexity index is 693. The average Bonchev–Trinajstić information content (AvgIpc) is 2.45. The normalized spacial score (nSPS) is 11.0. The highest BCUT2D eigenvalue weighted by Crippen LogP contribution is 2.37. The summed E-state index contributed by atoms with van der Waals surface area (Å²) in [5.41, 5.74) is 5.00. The van der Waals surface area contributed by atoms with Crippen LogP contribution >= 0.6 is 0 Å². The van der Waals surface area contributed by atoms with Crippen molar-refractivity contribution in [2.24, 2.45) is 0 Å². The van der Waals surface area contributed by atoms with Crippen LogP contribution < -0.4 is 10.5 Å². The fraction of sp³-hybridized carbons (Fsp3) is 0.143. The number of aromatic nitrogens is 1. The first-order chi connectivity index (χ1) is 9.91. The van der Waals surface area contributed by atoms with Crippen LogP contribution in [0.5, 0.6) is 5.75 Å². The molecule has 0 atom stereocenters. The molecule has 1 aromatic carbocycles. The van der Waals surface area contributed by atoms with Crippen LogP contribution in [0, 0.1) is 11.3 Å². The van der Waals surface area contributed by atoms with Crippen LogP contribution in [0.2, 0.25) is 0 Å². The lowest BCUT2D eigenvalue weighted by molar-refractivity contribution is -0.139. The van der Waals surface area contributed by atoms with Crippen molar-refractivity contribution in [3.05, 3.63) is 53.2 Å². The third kappa shape index (κ3) is 3.42. The van der Waals surface area contributed by atoms with Crippen LogP contribution in [0.15, 0.2) is 36.5 Å². The molecular formula is C14H10F3N3O. The molecule has 0 bridgehead atoms. The first kappa shape index (κ1) is 14.7. The average molecular weight is 293 g/mol. The maximum absolute atomic E-state index is 12.9. The maximum atomic E-state index is 12.9. The molecule has 4 nitrogen and oxygen atoms in total. The highest BCUT2D eigenvalue weighted by atomic mass is 19.4. The molecule has 0 amide bonds. The standard InChI is InChI=1S/C14H10F3N3O/c15-14(16,17)11-6-9(7-18)3-4-12(11)21-8-10-2-1-5-20-13(10)19/h1-6H,8H2,(H2,19,20). The summed E-state index contributed by atoms with van der Waals surface area (Å²) in [5, 5.41) is 8.68. The number of rotatable bonds is 3. The number of halogens is 3. The van der Waals surface area contributed by atoms with Gasteiger partial charge in [0.1, 0.15) is 18.2 Å². The van der Waals surface area contributed by atoms with Gasteiger partial charge < -0.3 is 10.5 Å². The van der Waals surface area contributed by atoms with Gasteiger partial charge in [-0.1, -0.05) is 6.07 Å². The number of anilines is 1. The van der Waals surface area contributed by atoms with Gasteiger partial charge in [-0.25, -0.2) is 4.98 Å². The first-order valence-electron chi connectivity index (χ1n) is 5.85. The topological polar surface area (TPSA) is 71.9 Å². The molecule has 0 saturated heterocycles. The van der Waals surface area contributed by atoms with Crippen LogP contribution in [0.1, 0.15) is 16.7 Å². The molecule has 0 unspecified atom stereocenters. The number of alkyl halides is 3. The second-order valence-electron chi connectivity index (χ2n) is 4.16. The lowest BCUT2D eigenvalue weighted by Crippen LogP contribution is -2.10. The van der Waals surface area contributed by atoms with Crippen LogP contribution in [-0.2, 0) is 12.8 Å². The van der Waals surface area contributed by atoms with Crippen LogP contribution in [0.4, 0.5) is 19.0 Å². The molecule has 7 heteroatoms. The Hall–Kier alpha value is -2.75. The van der Waals surface area contributed by atoms with E-state index >= 15 is 0 Å².